The summed E-state index contributed by atoms with van der Waals surface area (Å²) in [7, 11) is 0. The molecule has 1 aromatic heterocycles. The van der Waals surface area contributed by atoms with Gasteiger partial charge < -0.3 is 15.4 Å². The minimum Gasteiger partial charge on any atom is -0.508 e. The van der Waals surface area contributed by atoms with Crippen molar-refractivity contribution in [3.8, 4) is 5.75 Å². The number of aromatic nitrogens is 2. The van der Waals surface area contributed by atoms with E-state index in [-0.39, 0.29) is 17.4 Å². The second-order valence-corrected chi connectivity index (χ2v) is 6.90. The number of fused-ring (bicyclic) bond motifs is 1. The lowest BCUT2D eigenvalue weighted by molar-refractivity contribution is 0.0858. The molecule has 0 bridgehead atoms. The van der Waals surface area contributed by atoms with E-state index in [2.05, 4.69) is 15.3 Å². The number of Topliss-reactive ketones (excluding diaryl/α,β-unsaturated/α-hetero) is 1. The van der Waals surface area contributed by atoms with Crippen LogP contribution in [0.5, 0.6) is 5.75 Å². The van der Waals surface area contributed by atoms with E-state index in [1.807, 2.05) is 20.8 Å². The van der Waals surface area contributed by atoms with Crippen molar-refractivity contribution < 1.29 is 14.7 Å². The standard InChI is InChI=1S/C19H19N3O3/c1-19(2,3)16(24)11-4-9-14-15(10-11)22-17(21-14)18(25)20-12-5-7-13(23)8-6-12/h4-10,23H,1-3H3,(H,20,25)(H,21,22). The van der Waals surface area contributed by atoms with Crippen LogP contribution >= 0.6 is 0 Å². The number of nitrogens with zero attached hydrogens (tertiary/aromatic N) is 1. The quantitative estimate of drug-likeness (QED) is 0.501. The van der Waals surface area contributed by atoms with Gasteiger partial charge in [-0.05, 0) is 42.5 Å². The van der Waals surface area contributed by atoms with Crippen LogP contribution in [0.3, 0.4) is 0 Å². The fourth-order valence-corrected chi connectivity index (χ4v) is 2.43. The maximum absolute atomic E-state index is 12.4. The lowest BCUT2D eigenvalue weighted by atomic mass is 9.86. The number of rotatable bonds is 3. The maximum atomic E-state index is 12.4. The number of carbonyl (C=O) groups excluding carboxylic acids is 2. The molecule has 0 atom stereocenters. The molecule has 0 aliphatic carbocycles. The van der Waals surface area contributed by atoms with Crippen molar-refractivity contribution in [1.82, 2.24) is 9.97 Å². The van der Waals surface area contributed by atoms with E-state index in [1.54, 1.807) is 30.3 Å². The molecule has 0 aliphatic heterocycles. The van der Waals surface area contributed by atoms with Crippen LogP contribution < -0.4 is 5.32 Å². The Labute approximate surface area is 144 Å². The summed E-state index contributed by atoms with van der Waals surface area (Å²) < 4.78 is 0. The Morgan fingerprint density at radius 1 is 1.08 bits per heavy atom. The van der Waals surface area contributed by atoms with Crippen molar-refractivity contribution in [2.24, 2.45) is 5.41 Å². The number of benzene rings is 2. The highest BCUT2D eigenvalue weighted by Gasteiger charge is 2.23. The third-order valence-electron chi connectivity index (χ3n) is 3.77. The first-order chi connectivity index (χ1) is 11.7. The normalized spacial score (nSPS) is 11.5. The summed E-state index contributed by atoms with van der Waals surface area (Å²) >= 11 is 0. The topological polar surface area (TPSA) is 95.1 Å². The van der Waals surface area contributed by atoms with Gasteiger partial charge in [0.15, 0.2) is 11.6 Å². The summed E-state index contributed by atoms with van der Waals surface area (Å²) in [5.41, 5.74) is 1.89. The fraction of sp³-hybridized carbons (Fsp3) is 0.211. The van der Waals surface area contributed by atoms with Crippen LogP contribution in [0, 0.1) is 5.41 Å². The van der Waals surface area contributed by atoms with Crippen LogP contribution in [0.25, 0.3) is 11.0 Å². The van der Waals surface area contributed by atoms with Gasteiger partial charge in [0, 0.05) is 16.7 Å². The first-order valence-electron chi connectivity index (χ1n) is 7.89. The maximum Gasteiger partial charge on any atom is 0.291 e. The van der Waals surface area contributed by atoms with Gasteiger partial charge >= 0.3 is 0 Å². The lowest BCUT2D eigenvalue weighted by Gasteiger charge is -2.16. The van der Waals surface area contributed by atoms with Crippen molar-refractivity contribution >= 4 is 28.4 Å². The van der Waals surface area contributed by atoms with Gasteiger partial charge in [0.2, 0.25) is 0 Å². The Morgan fingerprint density at radius 3 is 2.40 bits per heavy atom. The molecule has 0 spiro atoms. The number of nitrogens with one attached hydrogen (secondary N) is 2. The van der Waals surface area contributed by atoms with Crippen LogP contribution in [0.2, 0.25) is 0 Å². The van der Waals surface area contributed by atoms with Gasteiger partial charge in [-0.2, -0.15) is 0 Å². The summed E-state index contributed by atoms with van der Waals surface area (Å²) in [6.45, 7) is 5.59. The van der Waals surface area contributed by atoms with Crippen molar-refractivity contribution in [3.63, 3.8) is 0 Å². The number of phenolic OH excluding ortho intramolecular Hbond substituents is 1. The zero-order valence-electron chi connectivity index (χ0n) is 14.3. The van der Waals surface area contributed by atoms with Crippen molar-refractivity contribution in [2.45, 2.75) is 20.8 Å². The first kappa shape index (κ1) is 16.7. The number of aromatic hydroxyl groups is 1. The highest BCUT2D eigenvalue weighted by molar-refractivity contribution is 6.05. The fourth-order valence-electron chi connectivity index (χ4n) is 2.43. The van der Waals surface area contributed by atoms with E-state index >= 15 is 0 Å². The molecule has 25 heavy (non-hydrogen) atoms. The van der Waals surface area contributed by atoms with Crippen molar-refractivity contribution in [3.05, 3.63) is 53.9 Å². The summed E-state index contributed by atoms with van der Waals surface area (Å²) in [6.07, 6.45) is 0. The van der Waals surface area contributed by atoms with Gasteiger partial charge in [0.05, 0.1) is 11.0 Å². The minimum atomic E-state index is -0.479. The molecule has 0 radical (unpaired) electrons. The first-order valence-corrected chi connectivity index (χ1v) is 7.89. The third-order valence-corrected chi connectivity index (χ3v) is 3.77. The van der Waals surface area contributed by atoms with Gasteiger partial charge in [-0.25, -0.2) is 4.98 Å². The van der Waals surface area contributed by atoms with Crippen molar-refractivity contribution in [2.75, 3.05) is 5.32 Å². The molecule has 1 amide bonds. The number of aromatic amines is 1. The zero-order chi connectivity index (χ0) is 18.2. The Hall–Kier alpha value is -3.15. The van der Waals surface area contributed by atoms with Gasteiger partial charge in [-0.1, -0.05) is 20.8 Å². The number of hydrogen-bond donors (Lipinski definition) is 3. The van der Waals surface area contributed by atoms with E-state index < -0.39 is 11.3 Å². The molecule has 6 heteroatoms. The average molecular weight is 337 g/mol. The molecule has 6 nitrogen and oxygen atoms in total. The van der Waals surface area contributed by atoms with E-state index in [9.17, 15) is 14.7 Å². The summed E-state index contributed by atoms with van der Waals surface area (Å²) in [5, 5.41) is 12.0. The number of carbonyl (C=O) groups is 2. The monoisotopic (exact) mass is 337 g/mol. The van der Waals surface area contributed by atoms with Crippen LogP contribution in [0.15, 0.2) is 42.5 Å². The van der Waals surface area contributed by atoms with Gasteiger partial charge in [0.1, 0.15) is 5.75 Å². The van der Waals surface area contributed by atoms with E-state index in [4.69, 9.17) is 0 Å². The highest BCUT2D eigenvalue weighted by atomic mass is 16.3. The number of anilines is 1. The zero-order valence-corrected chi connectivity index (χ0v) is 14.3. The molecular weight excluding hydrogens is 318 g/mol. The number of H-pyrrole nitrogens is 1. The van der Waals surface area contributed by atoms with Gasteiger partial charge in [-0.15, -0.1) is 0 Å². The molecule has 0 saturated carbocycles. The molecule has 128 valence electrons. The lowest BCUT2D eigenvalue weighted by Crippen LogP contribution is -2.19. The highest BCUT2D eigenvalue weighted by Crippen LogP contribution is 2.23. The number of phenols is 1. The molecule has 2 aromatic carbocycles. The Bertz CT molecular complexity index is 950. The molecule has 1 heterocycles. The van der Waals surface area contributed by atoms with E-state index in [0.717, 1.165) is 0 Å². The second kappa shape index (κ2) is 6.05. The molecular formula is C19H19N3O3. The Morgan fingerprint density at radius 2 is 1.76 bits per heavy atom. The molecule has 3 aromatic rings. The van der Waals surface area contributed by atoms with E-state index in [0.29, 0.717) is 22.3 Å². The predicted molar refractivity (Wildman–Crippen MR) is 95.9 cm³/mol. The van der Waals surface area contributed by atoms with Crippen LogP contribution in [0.1, 0.15) is 41.7 Å². The van der Waals surface area contributed by atoms with Gasteiger partial charge in [0.25, 0.3) is 5.91 Å². The van der Waals surface area contributed by atoms with E-state index in [1.165, 1.54) is 12.1 Å². The Kier molecular flexibility index (Phi) is 4.04. The second-order valence-electron chi connectivity index (χ2n) is 6.90. The summed E-state index contributed by atoms with van der Waals surface area (Å²) in [5.74, 6) is -0.0918. The number of ketones is 1. The minimum absolute atomic E-state index is 0.0269. The molecule has 0 saturated heterocycles. The number of imidazole rings is 1. The molecule has 3 rings (SSSR count). The number of hydrogen-bond acceptors (Lipinski definition) is 4. The number of amides is 1. The van der Waals surface area contributed by atoms with Crippen molar-refractivity contribution in [1.29, 1.82) is 0 Å². The predicted octanol–water partition coefficient (Wildman–Crippen LogP) is 3.75. The van der Waals surface area contributed by atoms with Crippen LogP contribution in [-0.4, -0.2) is 26.8 Å². The smallest absolute Gasteiger partial charge is 0.291 e. The van der Waals surface area contributed by atoms with Crippen LogP contribution in [0.4, 0.5) is 5.69 Å². The third kappa shape index (κ3) is 3.52. The average Bonchev–Trinajstić information content (AvgIpc) is 2.98. The summed E-state index contributed by atoms with van der Waals surface area (Å²) in [4.78, 5) is 31.9. The molecule has 0 aliphatic rings. The van der Waals surface area contributed by atoms with Crippen LogP contribution in [-0.2, 0) is 0 Å². The SMILES string of the molecule is CC(C)(C)C(=O)c1ccc2nc(C(=O)Nc3ccc(O)cc3)[nH]c2c1. The molecule has 0 fully saturated rings. The molecule has 0 unspecified atom stereocenters. The summed E-state index contributed by atoms with van der Waals surface area (Å²) in [6, 6.07) is 11.3. The Balaban J connectivity index is 1.86. The van der Waals surface area contributed by atoms with Gasteiger partial charge in [-0.3, -0.25) is 9.59 Å². The largest absolute Gasteiger partial charge is 0.508 e. The molecule has 3 N–H and O–H groups in total.